The fourth-order valence-electron chi connectivity index (χ4n) is 3.94. The molecule has 0 aromatic heterocycles. The van der Waals surface area contributed by atoms with E-state index in [0.717, 1.165) is 17.5 Å². The summed E-state index contributed by atoms with van der Waals surface area (Å²) in [5.74, 6) is -1.65. The van der Waals surface area contributed by atoms with Crippen LogP contribution in [0.3, 0.4) is 0 Å². The van der Waals surface area contributed by atoms with E-state index in [1.807, 2.05) is 25.1 Å². The van der Waals surface area contributed by atoms with E-state index in [2.05, 4.69) is 0 Å². The quantitative estimate of drug-likeness (QED) is 0.264. The van der Waals surface area contributed by atoms with Crippen LogP contribution in [-0.4, -0.2) is 6.61 Å². The first kappa shape index (κ1) is 22.2. The molecule has 0 spiro atoms. The molecule has 34 heavy (non-hydrogen) atoms. The Balaban J connectivity index is 1.28. The average molecular weight is 460 g/mol. The van der Waals surface area contributed by atoms with Crippen LogP contribution in [0, 0.1) is 17.5 Å². The molecule has 5 rings (SSSR count). The summed E-state index contributed by atoms with van der Waals surface area (Å²) in [7, 11) is 0. The SMILES string of the molecule is CCc1ccc(-c2ccc(COc3ccc(-c4ccc(C5CO5)cc4F)cc3)c(F)c2F)cc1. The molecule has 1 unspecified atom stereocenters. The molecule has 0 bridgehead atoms. The van der Waals surface area contributed by atoms with Crippen molar-refractivity contribution in [2.75, 3.05) is 6.61 Å². The van der Waals surface area contributed by atoms with Crippen LogP contribution in [0.5, 0.6) is 5.75 Å². The lowest BCUT2D eigenvalue weighted by atomic mass is 10.0. The topological polar surface area (TPSA) is 21.8 Å². The molecule has 0 aliphatic carbocycles. The maximum absolute atomic E-state index is 14.7. The molecule has 0 saturated carbocycles. The molecule has 0 amide bonds. The molecule has 2 nitrogen and oxygen atoms in total. The third kappa shape index (κ3) is 4.57. The van der Waals surface area contributed by atoms with Gasteiger partial charge in [0.2, 0.25) is 0 Å². The normalized spacial score (nSPS) is 14.8. The van der Waals surface area contributed by atoms with E-state index in [9.17, 15) is 13.2 Å². The number of aryl methyl sites for hydroxylation is 1. The first-order valence-electron chi connectivity index (χ1n) is 11.2. The standard InChI is InChI=1S/C29H23F3O2/c1-2-18-3-5-20(6-4-18)25-14-10-22(28(31)29(25)32)16-33-23-11-7-19(8-12-23)24-13-9-21(15-26(24)30)27-17-34-27/h3-15,27H,2,16-17H2,1H3. The summed E-state index contributed by atoms with van der Waals surface area (Å²) in [6.07, 6.45) is 0.881. The Hall–Kier alpha value is -3.57. The zero-order chi connectivity index (χ0) is 23.7. The highest BCUT2D eigenvalue weighted by molar-refractivity contribution is 5.66. The van der Waals surface area contributed by atoms with Gasteiger partial charge in [-0.1, -0.05) is 67.6 Å². The van der Waals surface area contributed by atoms with Crippen molar-refractivity contribution in [3.05, 3.63) is 113 Å². The van der Waals surface area contributed by atoms with Crippen molar-refractivity contribution in [1.29, 1.82) is 0 Å². The molecule has 1 heterocycles. The van der Waals surface area contributed by atoms with Gasteiger partial charge in [0, 0.05) is 16.7 Å². The van der Waals surface area contributed by atoms with Crippen molar-refractivity contribution in [1.82, 2.24) is 0 Å². The molecule has 5 heteroatoms. The lowest BCUT2D eigenvalue weighted by Gasteiger charge is -2.11. The fraction of sp³-hybridized carbons (Fsp3) is 0.172. The summed E-state index contributed by atoms with van der Waals surface area (Å²) in [5, 5.41) is 0. The first-order chi connectivity index (χ1) is 16.5. The van der Waals surface area contributed by atoms with Gasteiger partial charge in [-0.15, -0.1) is 0 Å². The monoisotopic (exact) mass is 460 g/mol. The molecule has 1 saturated heterocycles. The summed E-state index contributed by atoms with van der Waals surface area (Å²) in [4.78, 5) is 0. The summed E-state index contributed by atoms with van der Waals surface area (Å²) in [6, 6.07) is 22.5. The largest absolute Gasteiger partial charge is 0.489 e. The minimum atomic E-state index is -0.921. The predicted molar refractivity (Wildman–Crippen MR) is 126 cm³/mol. The lowest BCUT2D eigenvalue weighted by Crippen LogP contribution is -2.02. The van der Waals surface area contributed by atoms with Crippen LogP contribution in [0.1, 0.15) is 29.7 Å². The van der Waals surface area contributed by atoms with Crippen LogP contribution in [0.2, 0.25) is 0 Å². The first-order valence-corrected chi connectivity index (χ1v) is 11.2. The Morgan fingerprint density at radius 1 is 0.794 bits per heavy atom. The Labute approximate surface area is 196 Å². The maximum Gasteiger partial charge on any atom is 0.167 e. The van der Waals surface area contributed by atoms with Crippen LogP contribution >= 0.6 is 0 Å². The van der Waals surface area contributed by atoms with Gasteiger partial charge in [-0.05, 0) is 46.9 Å². The van der Waals surface area contributed by atoms with Crippen molar-refractivity contribution >= 4 is 0 Å². The third-order valence-corrected chi connectivity index (χ3v) is 6.09. The number of hydrogen-bond donors (Lipinski definition) is 0. The molecule has 1 aliphatic heterocycles. The van der Waals surface area contributed by atoms with Crippen LogP contribution < -0.4 is 4.74 Å². The number of benzene rings is 4. The maximum atomic E-state index is 14.7. The van der Waals surface area contributed by atoms with Gasteiger partial charge in [0.1, 0.15) is 24.3 Å². The zero-order valence-corrected chi connectivity index (χ0v) is 18.7. The third-order valence-electron chi connectivity index (χ3n) is 6.09. The van der Waals surface area contributed by atoms with Gasteiger partial charge < -0.3 is 9.47 Å². The van der Waals surface area contributed by atoms with Gasteiger partial charge >= 0.3 is 0 Å². The molecule has 4 aromatic rings. The summed E-state index contributed by atoms with van der Waals surface area (Å²) in [6.45, 7) is 2.55. The van der Waals surface area contributed by atoms with E-state index in [-0.39, 0.29) is 29.7 Å². The lowest BCUT2D eigenvalue weighted by molar-refractivity contribution is 0.297. The van der Waals surface area contributed by atoms with Gasteiger partial charge in [-0.3, -0.25) is 0 Å². The number of ether oxygens (including phenoxy) is 2. The minimum absolute atomic E-state index is 0.000214. The minimum Gasteiger partial charge on any atom is -0.489 e. The van der Waals surface area contributed by atoms with Crippen LogP contribution in [0.4, 0.5) is 13.2 Å². The second kappa shape index (κ2) is 9.35. The van der Waals surface area contributed by atoms with E-state index >= 15 is 0 Å². The highest BCUT2D eigenvalue weighted by Crippen LogP contribution is 2.33. The van der Waals surface area contributed by atoms with E-state index < -0.39 is 11.6 Å². The fourth-order valence-corrected chi connectivity index (χ4v) is 3.94. The zero-order valence-electron chi connectivity index (χ0n) is 18.7. The van der Waals surface area contributed by atoms with Crippen LogP contribution in [0.25, 0.3) is 22.3 Å². The van der Waals surface area contributed by atoms with Crippen molar-refractivity contribution in [2.45, 2.75) is 26.1 Å². The van der Waals surface area contributed by atoms with Crippen molar-refractivity contribution in [2.24, 2.45) is 0 Å². The summed E-state index contributed by atoms with van der Waals surface area (Å²) in [5.41, 5.74) is 4.11. The van der Waals surface area contributed by atoms with Gasteiger partial charge in [0.05, 0.1) is 6.61 Å². The molecule has 4 aromatic carbocycles. The Bertz CT molecular complexity index is 1310. The predicted octanol–water partition coefficient (Wildman–Crippen LogP) is 7.65. The van der Waals surface area contributed by atoms with Gasteiger partial charge in [0.15, 0.2) is 11.6 Å². The van der Waals surface area contributed by atoms with Gasteiger partial charge in [0.25, 0.3) is 0 Å². The summed E-state index contributed by atoms with van der Waals surface area (Å²) < 4.78 is 54.8. The van der Waals surface area contributed by atoms with Crippen LogP contribution in [0.15, 0.2) is 78.9 Å². The van der Waals surface area contributed by atoms with Crippen molar-refractivity contribution in [3.63, 3.8) is 0 Å². The average Bonchev–Trinajstić information content (AvgIpc) is 3.71. The Morgan fingerprint density at radius 2 is 1.44 bits per heavy atom. The molecule has 1 aliphatic rings. The van der Waals surface area contributed by atoms with Crippen LogP contribution in [-0.2, 0) is 17.8 Å². The number of halogens is 3. The molecule has 0 N–H and O–H groups in total. The van der Waals surface area contributed by atoms with Crippen molar-refractivity contribution < 1.29 is 22.6 Å². The number of epoxide rings is 1. The molecular formula is C29H23F3O2. The summed E-state index contributed by atoms with van der Waals surface area (Å²) >= 11 is 0. The number of rotatable bonds is 7. The second-order valence-electron chi connectivity index (χ2n) is 8.32. The second-order valence-corrected chi connectivity index (χ2v) is 8.32. The highest BCUT2D eigenvalue weighted by Gasteiger charge is 2.25. The van der Waals surface area contributed by atoms with E-state index in [1.165, 1.54) is 12.1 Å². The van der Waals surface area contributed by atoms with Gasteiger partial charge in [-0.2, -0.15) is 0 Å². The molecule has 1 atom stereocenters. The molecule has 172 valence electrons. The van der Waals surface area contributed by atoms with Gasteiger partial charge in [-0.25, -0.2) is 13.2 Å². The molecule has 1 fully saturated rings. The molecular weight excluding hydrogens is 437 g/mol. The van der Waals surface area contributed by atoms with E-state index in [1.54, 1.807) is 48.5 Å². The smallest absolute Gasteiger partial charge is 0.167 e. The Kier molecular flexibility index (Phi) is 6.12. The Morgan fingerprint density at radius 3 is 2.09 bits per heavy atom. The number of hydrogen-bond acceptors (Lipinski definition) is 2. The van der Waals surface area contributed by atoms with E-state index in [4.69, 9.17) is 9.47 Å². The highest BCUT2D eigenvalue weighted by atomic mass is 19.2. The van der Waals surface area contributed by atoms with E-state index in [0.29, 0.717) is 29.0 Å². The van der Waals surface area contributed by atoms with Crippen molar-refractivity contribution in [3.8, 4) is 28.0 Å². The molecule has 0 radical (unpaired) electrons.